The van der Waals surface area contributed by atoms with Gasteiger partial charge in [-0.25, -0.2) is 0 Å². The fourth-order valence-corrected chi connectivity index (χ4v) is 17.3. The van der Waals surface area contributed by atoms with E-state index in [1.54, 1.807) is 0 Å². The van der Waals surface area contributed by atoms with Crippen LogP contribution in [0.1, 0.15) is 41.0 Å². The minimum Gasteiger partial charge on any atom is -0.544 e. The van der Waals surface area contributed by atoms with Gasteiger partial charge in [-0.05, 0) is 6.92 Å². The molecule has 135 heavy (non-hydrogen) atoms. The lowest BCUT2D eigenvalue weighted by Crippen LogP contribution is -2.72. The molecule has 0 bridgehead atoms. The van der Waals surface area contributed by atoms with Gasteiger partial charge in [0.1, 0.15) is 238 Å². The van der Waals surface area contributed by atoms with Crippen LogP contribution in [0.25, 0.3) is 0 Å². The zero-order chi connectivity index (χ0) is 99.7. The fourth-order valence-electron chi connectivity index (χ4n) is 17.3. The maximum atomic E-state index is 13.5. The molecule has 0 saturated carbocycles. The first kappa shape index (κ1) is 112. The number of carbonyl (C=O) groups excluding carboxylic acids is 6. The van der Waals surface area contributed by atoms with Crippen LogP contribution in [0.5, 0.6) is 0 Å². The molecule has 60 heteroatoms. The summed E-state index contributed by atoms with van der Waals surface area (Å²) >= 11 is 0. The van der Waals surface area contributed by atoms with E-state index < -0.39 is 427 Å². The van der Waals surface area contributed by atoms with Crippen molar-refractivity contribution < 1.29 is 272 Å². The van der Waals surface area contributed by atoms with Crippen molar-refractivity contribution in [2.45, 2.75) is 359 Å². The highest BCUT2D eigenvalue weighted by Crippen LogP contribution is 2.43. The second-order valence-electron chi connectivity index (χ2n) is 33.8. The average molecular weight is 1980 g/mol. The number of aliphatic carboxylic acids is 1. The van der Waals surface area contributed by atoms with Gasteiger partial charge in [0.2, 0.25) is 35.8 Å². The molecule has 780 valence electrons. The van der Waals surface area contributed by atoms with Crippen LogP contribution in [0, 0.1) is 0 Å². The van der Waals surface area contributed by atoms with E-state index in [9.17, 15) is 177 Å². The molecule has 10 aliphatic rings. The molecule has 0 aromatic heterocycles. The minimum atomic E-state index is -3.40. The maximum Gasteiger partial charge on any atom is 0.217 e. The van der Waals surface area contributed by atoms with Gasteiger partial charge in [0.05, 0.1) is 97.0 Å². The zero-order valence-corrected chi connectivity index (χ0v) is 72.6. The summed E-state index contributed by atoms with van der Waals surface area (Å²) in [4.78, 5) is 76.1. The van der Waals surface area contributed by atoms with Crippen molar-refractivity contribution in [3.63, 3.8) is 0 Å². The van der Waals surface area contributed by atoms with Gasteiger partial charge in [-0.1, -0.05) is 0 Å². The summed E-state index contributed by atoms with van der Waals surface area (Å²) in [7, 11) is 0. The third-order valence-corrected chi connectivity index (χ3v) is 24.4. The van der Waals surface area contributed by atoms with Crippen LogP contribution in [0.15, 0.2) is 0 Å². The van der Waals surface area contributed by atoms with Crippen molar-refractivity contribution >= 4 is 36.0 Å². The molecule has 0 aromatic carbocycles. The van der Waals surface area contributed by atoms with E-state index in [2.05, 4.69) is 26.6 Å². The Bertz CT molecular complexity index is 3720. The SMILES string of the molecule is CC(=O)N[C@H]1[C@H](O[C@H]2[C@@H](O)[C@@H](CO)O[C@@H](O[C@H]3[C@H](O)[C@@H](NC(C)=O)[C@H](O[C@H]4[C@@H](O)[C@@H](CO)O[C@@H](O[C@H]5[C@H](O[C@@H]6O[C@@H](C)[C@@H](O)[C@@H](O)[C@@H]6O)[C@@H](NC(C)=O)[C@H](O[C@H]6[C@@H](O)[C@@H](CO)O[C@@H](O[C@H]7[C@H](O)[C@@H](O)[C@H](OC[C@@H](CO)NC=O)O[C@@H]7CO)[C@@H]6O)O[C@@H]5CO)[C@@H]4O)O[C@@H]3CO)[C@@H]2O)O[C@H](CO)[C@@H](O[C@@H]2O[C@H](CO)[C@H](O)[C@H](O[C@]3(C(=O)[O-])C[C@H](O)[C@@H](NC(C)=O)[C@H]([C@H](O)[C@H](O)CO)O3)[C@H]2O)[C@@H]1O. The number of hydrogen-bond acceptors (Lipinski definition) is 55. The second-order valence-corrected chi connectivity index (χ2v) is 33.8. The van der Waals surface area contributed by atoms with Crippen LogP contribution in [0.3, 0.4) is 0 Å². The Balaban J connectivity index is 0.876. The Labute approximate surface area is 764 Å². The number of aliphatic hydroxyl groups is 28. The molecule has 52 atom stereocenters. The predicted octanol–water partition coefficient (Wildman–Crippen LogP) is -24.2. The Kier molecular flexibility index (Phi) is 40.8. The van der Waals surface area contributed by atoms with E-state index in [1.807, 2.05) is 0 Å². The molecule has 10 fully saturated rings. The number of carbonyl (C=O) groups is 6. The third-order valence-electron chi connectivity index (χ3n) is 24.4. The minimum absolute atomic E-state index is 0.236. The highest BCUT2D eigenvalue weighted by atomic mass is 16.8. The van der Waals surface area contributed by atoms with Gasteiger partial charge in [0.15, 0.2) is 56.6 Å². The lowest BCUT2D eigenvalue weighted by Gasteiger charge is -2.52. The molecular formula is C75H124N5O55-. The molecule has 0 radical (unpaired) electrons. The van der Waals surface area contributed by atoms with E-state index in [0.29, 0.717) is 0 Å². The molecule has 0 aromatic rings. The number of rotatable bonds is 40. The summed E-state index contributed by atoms with van der Waals surface area (Å²) in [5, 5.41) is 339. The number of carboxylic acid groups (broad SMARTS) is 1. The molecule has 0 aliphatic carbocycles. The van der Waals surface area contributed by atoms with Crippen LogP contribution in [0.2, 0.25) is 0 Å². The maximum absolute atomic E-state index is 13.5. The summed E-state index contributed by atoms with van der Waals surface area (Å²) < 4.78 is 118. The van der Waals surface area contributed by atoms with E-state index in [0.717, 1.165) is 27.7 Å². The molecule has 10 aliphatic heterocycles. The van der Waals surface area contributed by atoms with E-state index in [-0.39, 0.29) is 6.41 Å². The summed E-state index contributed by atoms with van der Waals surface area (Å²) in [6.07, 6.45) is -100. The monoisotopic (exact) mass is 1970 g/mol. The van der Waals surface area contributed by atoms with Crippen LogP contribution in [0.4, 0.5) is 0 Å². The molecule has 5 amide bonds. The van der Waals surface area contributed by atoms with Crippen LogP contribution >= 0.6 is 0 Å². The Hall–Kier alpha value is -5.10. The Morgan fingerprint density at radius 1 is 0.356 bits per heavy atom. The summed E-state index contributed by atoms with van der Waals surface area (Å²) in [6, 6.07) is -8.98. The van der Waals surface area contributed by atoms with Crippen LogP contribution in [-0.2, 0) is 124 Å². The number of aliphatic hydroxyl groups excluding tert-OH is 28. The van der Waals surface area contributed by atoms with Gasteiger partial charge in [0.25, 0.3) is 0 Å². The molecule has 0 unspecified atom stereocenters. The van der Waals surface area contributed by atoms with E-state index in [1.165, 1.54) is 6.92 Å². The third kappa shape index (κ3) is 25.0. The summed E-state index contributed by atoms with van der Waals surface area (Å²) in [5.74, 6) is -9.75. The highest BCUT2D eigenvalue weighted by Gasteiger charge is 2.64. The average Bonchev–Trinajstić information content (AvgIpc) is 0.755. The van der Waals surface area contributed by atoms with Gasteiger partial charge in [0, 0.05) is 34.1 Å². The smallest absolute Gasteiger partial charge is 0.217 e. The Morgan fingerprint density at radius 3 is 1.05 bits per heavy atom. The fraction of sp³-hybridized carbons (Fsp3) is 0.920. The zero-order valence-electron chi connectivity index (χ0n) is 72.6. The molecule has 0 spiro atoms. The molecule has 60 nitrogen and oxygen atoms in total. The molecule has 10 heterocycles. The quantitative estimate of drug-likeness (QED) is 0.0253. The van der Waals surface area contributed by atoms with Crippen LogP contribution < -0.4 is 31.7 Å². The number of nitrogens with one attached hydrogen (secondary N) is 5. The number of ether oxygens (including phenoxy) is 20. The van der Waals surface area contributed by atoms with Crippen molar-refractivity contribution in [1.29, 1.82) is 0 Å². The summed E-state index contributed by atoms with van der Waals surface area (Å²) in [6.45, 7) is -7.17. The van der Waals surface area contributed by atoms with Gasteiger partial charge < -0.3 is 274 Å². The standard InChI is InChI=1S/C75H125N5O55/c1-19-39(98)47(106)49(108)69(117-19)130-60-38(80-23(5)95)67(133-63-43(102)28(10-84)119-71(52(63)111)128-57-33(15-89)125-68(50(109)48(57)107)116-17-24(7-81)76-18-91)124-34(16-90)58(60)129-72-53(112)62(42(101)29(11-85)120-72)132-66-36(78-21(3)93)45(104)55(31(13-87)122-66)126-70-51(110)61(41(100)27(9-83)118-70)131-65-37(79-22(4)94)46(105)56(32(14-88)123-65)127-73-54(113)64(44(103)30(12-86)121-73)135-75(74(114)115)6-25(96)35(77-20(2)92)59(134-75)40(99)26(97)8-82/h18-19,24-73,81-90,96-113H,6-17H2,1-5H3,(H,76,91)(H,77,92)(H,78,93)(H,79,94)(H,80,95)(H,114,115)/p-1/t19-,24+,25-,26+,27+,28+,29+,30+,31+,32+,33+,34+,35+,36+,37+,38+,39+,40+,41-,42-,43-,44-,45+,46+,47+,48+,49-,50+,51+,52+,53+,54+,55+,56+,57+,58+,59+,60+,61-,62-,63-,64-,65-,66-,67-,68+,69-,70-,71-,72-,73-,75-/m0/s1. The molecule has 33 N–H and O–H groups in total. The summed E-state index contributed by atoms with van der Waals surface area (Å²) in [5.41, 5.74) is 0. The van der Waals surface area contributed by atoms with Crippen molar-refractivity contribution in [2.75, 3.05) is 72.7 Å². The van der Waals surface area contributed by atoms with Crippen LogP contribution in [-0.4, -0.2) is 570 Å². The topological polar surface area (TPSA) is 937 Å². The van der Waals surface area contributed by atoms with Crippen molar-refractivity contribution in [1.82, 2.24) is 26.6 Å². The first-order chi connectivity index (χ1) is 63.9. The van der Waals surface area contributed by atoms with Gasteiger partial charge in [-0.15, -0.1) is 0 Å². The predicted molar refractivity (Wildman–Crippen MR) is 413 cm³/mol. The van der Waals surface area contributed by atoms with Gasteiger partial charge >= 0.3 is 0 Å². The van der Waals surface area contributed by atoms with Crippen molar-refractivity contribution in [3.05, 3.63) is 0 Å². The van der Waals surface area contributed by atoms with Crippen molar-refractivity contribution in [3.8, 4) is 0 Å². The molecular weight excluding hydrogens is 1850 g/mol. The Morgan fingerprint density at radius 2 is 0.674 bits per heavy atom. The largest absolute Gasteiger partial charge is 0.544 e. The molecule has 10 rings (SSSR count). The first-order valence-corrected chi connectivity index (χ1v) is 42.8. The number of carboxylic acids is 1. The van der Waals surface area contributed by atoms with Gasteiger partial charge in [-0.2, -0.15) is 0 Å². The second kappa shape index (κ2) is 49.3. The van der Waals surface area contributed by atoms with E-state index >= 15 is 0 Å². The normalized spacial score (nSPS) is 46.7. The number of amides is 5. The number of hydrogen-bond donors (Lipinski definition) is 33. The van der Waals surface area contributed by atoms with Gasteiger partial charge in [-0.3, -0.25) is 24.0 Å². The molecule has 10 saturated heterocycles. The lowest BCUT2D eigenvalue weighted by molar-refractivity contribution is -0.411. The first-order valence-electron chi connectivity index (χ1n) is 42.8. The van der Waals surface area contributed by atoms with E-state index in [4.69, 9.17) is 94.7 Å². The highest BCUT2D eigenvalue weighted by molar-refractivity contribution is 5.76. The lowest BCUT2D eigenvalue weighted by atomic mass is 9.88. The van der Waals surface area contributed by atoms with Crippen molar-refractivity contribution in [2.24, 2.45) is 0 Å².